The quantitative estimate of drug-likeness (QED) is 0.129. The average Bonchev–Trinajstić information content (AvgIpc) is 3.13. The van der Waals surface area contributed by atoms with E-state index in [1.807, 2.05) is 30.3 Å². The average molecular weight is 615 g/mol. The third-order valence-corrected chi connectivity index (χ3v) is 5.12. The molecule has 1 radical (unpaired) electrons. The fourth-order valence-electron chi connectivity index (χ4n) is 3.96. The van der Waals surface area contributed by atoms with Crippen LogP contribution < -0.4 is 0 Å². The van der Waals surface area contributed by atoms with E-state index in [0.717, 1.165) is 49.7 Å². The van der Waals surface area contributed by atoms with Crippen molar-refractivity contribution in [2.24, 2.45) is 0 Å². The van der Waals surface area contributed by atoms with E-state index in [1.165, 1.54) is 25.5 Å². The first-order valence-corrected chi connectivity index (χ1v) is 10.4. The molecule has 33 heavy (non-hydrogen) atoms. The second-order valence-electron chi connectivity index (χ2n) is 7.91. The second kappa shape index (κ2) is 10.1. The van der Waals surface area contributed by atoms with Crippen LogP contribution in [0.1, 0.15) is 25.0 Å². The fourth-order valence-corrected chi connectivity index (χ4v) is 3.96. The Morgan fingerprint density at radius 2 is 1.73 bits per heavy atom. The van der Waals surface area contributed by atoms with E-state index in [0.29, 0.717) is 0 Å². The molecular formula is C28H24IrNO3-. The maximum absolute atomic E-state index is 10.0. The molecule has 5 aromatic rings. The number of aromatic nitrogens is 1. The number of fused-ring (bicyclic) bond motifs is 5. The normalized spacial score (nSPS) is 11.2. The number of nitrogens with zero attached hydrogens (tertiary/aromatic N) is 1. The van der Waals surface area contributed by atoms with Gasteiger partial charge in [0.1, 0.15) is 11.2 Å². The third kappa shape index (κ3) is 5.05. The number of pyridine rings is 1. The summed E-state index contributed by atoms with van der Waals surface area (Å²) in [5, 5.41) is 11.8. The standard InChI is InChI=1S/C23H16NO.C5H8O2.Ir/c1-14-12-15(2)22-18(13-14)20-17-10-6-7-11-19(17)24-21(23(20)25-22)16-8-4-3-5-9-16;1-4(6)3-5(2)7;/h3-8,10-13H,1-2H3;3,6H,1-2H3;/q-1;;/b;4-3-;. The number of aliphatic hydroxyl groups excluding tert-OH is 1. The van der Waals surface area contributed by atoms with Gasteiger partial charge in [-0.1, -0.05) is 24.3 Å². The minimum Gasteiger partial charge on any atom is -0.512 e. The number of benzene rings is 3. The first-order chi connectivity index (χ1) is 15.3. The van der Waals surface area contributed by atoms with Gasteiger partial charge in [-0.15, -0.1) is 35.9 Å². The van der Waals surface area contributed by atoms with Crippen LogP contribution >= 0.6 is 0 Å². The largest absolute Gasteiger partial charge is 0.512 e. The van der Waals surface area contributed by atoms with Crippen LogP contribution in [-0.2, 0) is 24.9 Å². The number of carbonyl (C=O) groups is 1. The summed E-state index contributed by atoms with van der Waals surface area (Å²) in [5.41, 5.74) is 6.94. The first-order valence-electron chi connectivity index (χ1n) is 10.4. The molecule has 0 fully saturated rings. The van der Waals surface area contributed by atoms with Crippen LogP contribution in [-0.4, -0.2) is 15.9 Å². The summed E-state index contributed by atoms with van der Waals surface area (Å²) in [6.45, 7) is 7.07. The molecule has 4 nitrogen and oxygen atoms in total. The summed E-state index contributed by atoms with van der Waals surface area (Å²) in [5.74, 6) is -0.0625. The van der Waals surface area contributed by atoms with Crippen molar-refractivity contribution in [3.05, 3.63) is 89.7 Å². The fraction of sp³-hybridized carbons (Fsp3) is 0.143. The number of hydrogen-bond acceptors (Lipinski definition) is 4. The molecular weight excluding hydrogens is 591 g/mol. The summed E-state index contributed by atoms with van der Waals surface area (Å²) in [4.78, 5) is 14.9. The number of hydrogen-bond donors (Lipinski definition) is 1. The monoisotopic (exact) mass is 615 g/mol. The molecule has 5 rings (SSSR count). The number of allylic oxidation sites excluding steroid dienone is 2. The maximum Gasteiger partial charge on any atom is 0.155 e. The molecule has 1 N–H and O–H groups in total. The molecule has 3 aromatic carbocycles. The molecule has 0 bridgehead atoms. The second-order valence-corrected chi connectivity index (χ2v) is 7.91. The van der Waals surface area contributed by atoms with Crippen molar-refractivity contribution in [3.63, 3.8) is 0 Å². The van der Waals surface area contributed by atoms with E-state index in [1.54, 1.807) is 0 Å². The summed E-state index contributed by atoms with van der Waals surface area (Å²) in [7, 11) is 0. The van der Waals surface area contributed by atoms with Crippen LogP contribution in [0.5, 0.6) is 0 Å². The number of carbonyl (C=O) groups excluding carboxylic acids is 1. The Balaban J connectivity index is 0.000000337. The summed E-state index contributed by atoms with van der Waals surface area (Å²) in [6.07, 6.45) is 1.17. The van der Waals surface area contributed by atoms with Crippen molar-refractivity contribution in [1.29, 1.82) is 0 Å². The van der Waals surface area contributed by atoms with E-state index in [4.69, 9.17) is 14.5 Å². The topological polar surface area (TPSA) is 63.3 Å². The van der Waals surface area contributed by atoms with Gasteiger partial charge >= 0.3 is 0 Å². The summed E-state index contributed by atoms with van der Waals surface area (Å²) >= 11 is 0. The van der Waals surface area contributed by atoms with Crippen molar-refractivity contribution in [2.45, 2.75) is 27.7 Å². The SMILES string of the molecule is CC(=O)/C=C(/C)O.Cc1cc(C)c2oc3c(-c4[c-]cccc4)nc4ccccc4c3c2c1.[Ir]. The van der Waals surface area contributed by atoms with Gasteiger partial charge in [-0.25, -0.2) is 0 Å². The molecule has 0 saturated carbocycles. The number of aryl methyl sites for hydroxylation is 2. The number of furan rings is 1. The van der Waals surface area contributed by atoms with Gasteiger partial charge in [0, 0.05) is 48.0 Å². The molecule has 169 valence electrons. The van der Waals surface area contributed by atoms with Crippen LogP contribution in [0.3, 0.4) is 0 Å². The van der Waals surface area contributed by atoms with E-state index in [9.17, 15) is 4.79 Å². The van der Waals surface area contributed by atoms with Gasteiger partial charge in [-0.3, -0.25) is 9.78 Å². The van der Waals surface area contributed by atoms with E-state index >= 15 is 0 Å². The van der Waals surface area contributed by atoms with Gasteiger partial charge < -0.3 is 9.52 Å². The Labute approximate surface area is 206 Å². The number of para-hydroxylation sites is 1. The van der Waals surface area contributed by atoms with Gasteiger partial charge in [-0.2, -0.15) is 0 Å². The van der Waals surface area contributed by atoms with Crippen molar-refractivity contribution < 1.29 is 34.4 Å². The van der Waals surface area contributed by atoms with E-state index in [2.05, 4.69) is 50.2 Å². The van der Waals surface area contributed by atoms with Crippen LogP contribution in [0.4, 0.5) is 0 Å². The minimum atomic E-state index is -0.125. The summed E-state index contributed by atoms with van der Waals surface area (Å²) < 4.78 is 6.35. The zero-order valence-corrected chi connectivity index (χ0v) is 21.3. The number of aliphatic hydroxyl groups is 1. The van der Waals surface area contributed by atoms with Gasteiger partial charge in [0.15, 0.2) is 5.78 Å². The molecule has 2 heterocycles. The third-order valence-electron chi connectivity index (χ3n) is 5.12. The molecule has 2 aromatic heterocycles. The minimum absolute atomic E-state index is 0. The predicted molar refractivity (Wildman–Crippen MR) is 130 cm³/mol. The number of rotatable bonds is 2. The molecule has 0 amide bonds. The Morgan fingerprint density at radius 1 is 1.00 bits per heavy atom. The molecule has 0 saturated heterocycles. The van der Waals surface area contributed by atoms with Crippen molar-refractivity contribution in [1.82, 2.24) is 4.98 Å². The zero-order chi connectivity index (χ0) is 22.8. The van der Waals surface area contributed by atoms with Crippen LogP contribution in [0.2, 0.25) is 0 Å². The van der Waals surface area contributed by atoms with Gasteiger partial charge in [0.2, 0.25) is 0 Å². The van der Waals surface area contributed by atoms with Gasteiger partial charge in [-0.05, 0) is 51.0 Å². The van der Waals surface area contributed by atoms with Gasteiger partial charge in [0.05, 0.1) is 11.3 Å². The van der Waals surface area contributed by atoms with E-state index in [-0.39, 0.29) is 31.6 Å². The molecule has 0 aliphatic rings. The molecule has 0 spiro atoms. The van der Waals surface area contributed by atoms with Crippen LogP contribution in [0.25, 0.3) is 44.1 Å². The maximum atomic E-state index is 10.0. The number of ketones is 1. The van der Waals surface area contributed by atoms with Crippen molar-refractivity contribution in [2.75, 3.05) is 0 Å². The summed E-state index contributed by atoms with van der Waals surface area (Å²) in [6, 6.07) is 23.8. The molecule has 0 aliphatic heterocycles. The Kier molecular flexibility index (Phi) is 7.47. The predicted octanol–water partition coefficient (Wildman–Crippen LogP) is 7.25. The smallest absolute Gasteiger partial charge is 0.155 e. The zero-order valence-electron chi connectivity index (χ0n) is 18.9. The Bertz CT molecular complexity index is 1480. The van der Waals surface area contributed by atoms with Crippen LogP contribution in [0.15, 0.2) is 76.9 Å². The molecule has 0 atom stereocenters. The Morgan fingerprint density at radius 3 is 2.36 bits per heavy atom. The van der Waals surface area contributed by atoms with Crippen molar-refractivity contribution >= 4 is 38.6 Å². The van der Waals surface area contributed by atoms with Crippen molar-refractivity contribution in [3.8, 4) is 11.3 Å². The molecule has 5 heteroatoms. The molecule has 0 unspecified atom stereocenters. The molecule has 0 aliphatic carbocycles. The van der Waals surface area contributed by atoms with Crippen LogP contribution in [0, 0.1) is 19.9 Å². The Hall–Kier alpha value is -3.27. The van der Waals surface area contributed by atoms with E-state index < -0.39 is 0 Å². The first kappa shape index (κ1) is 24.4. The van der Waals surface area contributed by atoms with Gasteiger partial charge in [0.25, 0.3) is 0 Å².